The lowest BCUT2D eigenvalue weighted by molar-refractivity contribution is 0.555. The van der Waals surface area contributed by atoms with E-state index in [0.29, 0.717) is 10.7 Å². The quantitative estimate of drug-likeness (QED) is 0.822. The van der Waals surface area contributed by atoms with E-state index in [1.54, 1.807) is 6.26 Å². The van der Waals surface area contributed by atoms with Gasteiger partial charge in [-0.2, -0.15) is 0 Å². The summed E-state index contributed by atoms with van der Waals surface area (Å²) in [4.78, 5) is 0.644. The lowest BCUT2D eigenvalue weighted by Gasteiger charge is -2.05. The molecular formula is C13H13NOS. The minimum atomic E-state index is 0.644. The van der Waals surface area contributed by atoms with Crippen molar-refractivity contribution in [1.29, 1.82) is 0 Å². The molecule has 0 amide bonds. The molecule has 1 aromatic heterocycles. The first-order valence-corrected chi connectivity index (χ1v) is 5.54. The van der Waals surface area contributed by atoms with Crippen LogP contribution in [0, 0.1) is 6.92 Å². The van der Waals surface area contributed by atoms with Crippen molar-refractivity contribution in [1.82, 2.24) is 5.32 Å². The van der Waals surface area contributed by atoms with Gasteiger partial charge in [-0.1, -0.05) is 42.0 Å². The maximum Gasteiger partial charge on any atom is 0.160 e. The molecule has 1 aromatic carbocycles. The van der Waals surface area contributed by atoms with Crippen LogP contribution < -0.4 is 5.32 Å². The summed E-state index contributed by atoms with van der Waals surface area (Å²) < 4.78 is 5.20. The summed E-state index contributed by atoms with van der Waals surface area (Å²) >= 11 is 5.19. The Balaban J connectivity index is 1.93. The smallest absolute Gasteiger partial charge is 0.160 e. The van der Waals surface area contributed by atoms with Crippen molar-refractivity contribution in [2.24, 2.45) is 0 Å². The zero-order valence-electron chi connectivity index (χ0n) is 9.07. The second-order valence-corrected chi connectivity index (χ2v) is 4.05. The lowest BCUT2D eigenvalue weighted by Crippen LogP contribution is -2.21. The number of nitrogens with one attached hydrogen (secondary N) is 1. The van der Waals surface area contributed by atoms with Crippen LogP contribution in [0.5, 0.6) is 0 Å². The number of hydrogen-bond donors (Lipinski definition) is 1. The van der Waals surface area contributed by atoms with Gasteiger partial charge in [0.2, 0.25) is 0 Å². The third-order valence-electron chi connectivity index (χ3n) is 2.32. The molecule has 0 saturated carbocycles. The highest BCUT2D eigenvalue weighted by Crippen LogP contribution is 2.04. The summed E-state index contributed by atoms with van der Waals surface area (Å²) in [5, 5.41) is 3.16. The van der Waals surface area contributed by atoms with E-state index < -0.39 is 0 Å². The number of rotatable bonds is 3. The molecule has 1 N–H and O–H groups in total. The summed E-state index contributed by atoms with van der Waals surface area (Å²) in [6.07, 6.45) is 1.62. The molecule has 2 nitrogen and oxygen atoms in total. The Bertz CT molecular complexity index is 459. The highest BCUT2D eigenvalue weighted by atomic mass is 32.1. The summed E-state index contributed by atoms with van der Waals surface area (Å²) in [6.45, 7) is 2.80. The van der Waals surface area contributed by atoms with Gasteiger partial charge in [0.1, 0.15) is 4.99 Å². The van der Waals surface area contributed by atoms with Crippen molar-refractivity contribution in [3.8, 4) is 0 Å². The van der Waals surface area contributed by atoms with Gasteiger partial charge in [-0.05, 0) is 24.6 Å². The Hall–Kier alpha value is -1.61. The number of furan rings is 1. The molecule has 0 spiro atoms. The summed E-state index contributed by atoms with van der Waals surface area (Å²) in [6, 6.07) is 12.0. The van der Waals surface area contributed by atoms with E-state index in [9.17, 15) is 0 Å². The SMILES string of the molecule is Cc1ccc(CNC(=S)c2ccco2)cc1. The van der Waals surface area contributed by atoms with Gasteiger partial charge in [0.15, 0.2) is 5.76 Å². The largest absolute Gasteiger partial charge is 0.462 e. The number of benzene rings is 1. The molecule has 0 aliphatic carbocycles. The fourth-order valence-corrected chi connectivity index (χ4v) is 1.57. The maximum absolute atomic E-state index is 5.20. The van der Waals surface area contributed by atoms with Crippen LogP contribution in [0.3, 0.4) is 0 Å². The Morgan fingerprint density at radius 2 is 2.00 bits per heavy atom. The van der Waals surface area contributed by atoms with Crippen LogP contribution in [0.4, 0.5) is 0 Å². The second-order valence-electron chi connectivity index (χ2n) is 3.65. The normalized spacial score (nSPS) is 10.1. The van der Waals surface area contributed by atoms with E-state index in [1.807, 2.05) is 12.1 Å². The summed E-state index contributed by atoms with van der Waals surface area (Å²) in [7, 11) is 0. The van der Waals surface area contributed by atoms with E-state index in [2.05, 4.69) is 36.5 Å². The van der Waals surface area contributed by atoms with E-state index >= 15 is 0 Å². The van der Waals surface area contributed by atoms with Crippen molar-refractivity contribution >= 4 is 17.2 Å². The van der Waals surface area contributed by atoms with E-state index in [4.69, 9.17) is 16.6 Å². The monoisotopic (exact) mass is 231 g/mol. The van der Waals surface area contributed by atoms with Gasteiger partial charge in [-0.15, -0.1) is 0 Å². The topological polar surface area (TPSA) is 25.2 Å². The number of hydrogen-bond acceptors (Lipinski definition) is 2. The van der Waals surface area contributed by atoms with Crippen LogP contribution in [-0.2, 0) is 6.54 Å². The van der Waals surface area contributed by atoms with Crippen molar-refractivity contribution in [3.63, 3.8) is 0 Å². The van der Waals surface area contributed by atoms with E-state index in [-0.39, 0.29) is 0 Å². The minimum Gasteiger partial charge on any atom is -0.462 e. The van der Waals surface area contributed by atoms with Gasteiger partial charge in [0.25, 0.3) is 0 Å². The lowest BCUT2D eigenvalue weighted by atomic mass is 10.1. The predicted octanol–water partition coefficient (Wildman–Crippen LogP) is 3.05. The minimum absolute atomic E-state index is 0.644. The number of thiocarbonyl (C=S) groups is 1. The van der Waals surface area contributed by atoms with Gasteiger partial charge in [0, 0.05) is 6.54 Å². The molecule has 0 aliphatic heterocycles. The molecule has 16 heavy (non-hydrogen) atoms. The molecule has 0 radical (unpaired) electrons. The second kappa shape index (κ2) is 4.94. The first-order chi connectivity index (χ1) is 7.75. The molecule has 3 heteroatoms. The fourth-order valence-electron chi connectivity index (χ4n) is 1.38. The molecule has 0 unspecified atom stereocenters. The van der Waals surface area contributed by atoms with Crippen LogP contribution in [-0.4, -0.2) is 4.99 Å². The average molecular weight is 231 g/mol. The Morgan fingerprint density at radius 1 is 1.25 bits per heavy atom. The molecule has 0 saturated heterocycles. The predicted molar refractivity (Wildman–Crippen MR) is 68.4 cm³/mol. The summed E-state index contributed by atoms with van der Waals surface area (Å²) in [5.41, 5.74) is 2.47. The van der Waals surface area contributed by atoms with Gasteiger partial charge in [0.05, 0.1) is 6.26 Å². The molecule has 1 heterocycles. The molecule has 0 fully saturated rings. The molecule has 0 atom stereocenters. The first kappa shape index (κ1) is 10.9. The molecule has 2 rings (SSSR count). The third kappa shape index (κ3) is 2.70. The van der Waals surface area contributed by atoms with Gasteiger partial charge >= 0.3 is 0 Å². The first-order valence-electron chi connectivity index (χ1n) is 5.13. The molecule has 0 bridgehead atoms. The van der Waals surface area contributed by atoms with Gasteiger partial charge < -0.3 is 9.73 Å². The molecule has 0 aliphatic rings. The molecule has 82 valence electrons. The van der Waals surface area contributed by atoms with Crippen molar-refractivity contribution in [3.05, 3.63) is 59.5 Å². The zero-order valence-corrected chi connectivity index (χ0v) is 9.88. The van der Waals surface area contributed by atoms with E-state index in [1.165, 1.54) is 11.1 Å². The molecule has 2 aromatic rings. The Labute approximate surface area is 100 Å². The standard InChI is InChI=1S/C13H13NOS/c1-10-4-6-11(7-5-10)9-14-13(16)12-3-2-8-15-12/h2-8H,9H2,1H3,(H,14,16). The van der Waals surface area contributed by atoms with Crippen LogP contribution >= 0.6 is 12.2 Å². The van der Waals surface area contributed by atoms with Crippen LogP contribution in [0.1, 0.15) is 16.9 Å². The Kier molecular flexibility index (Phi) is 3.37. The van der Waals surface area contributed by atoms with Crippen molar-refractivity contribution in [2.45, 2.75) is 13.5 Å². The van der Waals surface area contributed by atoms with Crippen LogP contribution in [0.2, 0.25) is 0 Å². The summed E-state index contributed by atoms with van der Waals surface area (Å²) in [5.74, 6) is 0.710. The van der Waals surface area contributed by atoms with Crippen molar-refractivity contribution in [2.75, 3.05) is 0 Å². The Morgan fingerprint density at radius 3 is 2.62 bits per heavy atom. The maximum atomic E-state index is 5.20. The van der Waals surface area contributed by atoms with Crippen molar-refractivity contribution < 1.29 is 4.42 Å². The highest BCUT2D eigenvalue weighted by Gasteiger charge is 2.02. The highest BCUT2D eigenvalue weighted by molar-refractivity contribution is 7.80. The van der Waals surface area contributed by atoms with E-state index in [0.717, 1.165) is 6.54 Å². The molecular weight excluding hydrogens is 218 g/mol. The van der Waals surface area contributed by atoms with Gasteiger partial charge in [-0.25, -0.2) is 0 Å². The van der Waals surface area contributed by atoms with Gasteiger partial charge in [-0.3, -0.25) is 0 Å². The van der Waals surface area contributed by atoms with Crippen LogP contribution in [0.25, 0.3) is 0 Å². The number of aryl methyl sites for hydroxylation is 1. The van der Waals surface area contributed by atoms with Crippen LogP contribution in [0.15, 0.2) is 47.1 Å². The zero-order chi connectivity index (χ0) is 11.4. The fraction of sp³-hybridized carbons (Fsp3) is 0.154. The third-order valence-corrected chi connectivity index (χ3v) is 2.66. The average Bonchev–Trinajstić information content (AvgIpc) is 2.81.